The summed E-state index contributed by atoms with van der Waals surface area (Å²) in [4.78, 5) is 22.3. The van der Waals surface area contributed by atoms with Gasteiger partial charge >= 0.3 is 18.2 Å². The minimum Gasteiger partial charge on any atom is -0.479 e. The Bertz CT molecular complexity index is 393. The first kappa shape index (κ1) is 16.9. The van der Waals surface area contributed by atoms with Crippen LogP contribution in [0.2, 0.25) is 0 Å². The number of alkyl halides is 3. The van der Waals surface area contributed by atoms with Gasteiger partial charge in [-0.2, -0.15) is 24.9 Å². The van der Waals surface area contributed by atoms with Crippen LogP contribution in [0.15, 0.2) is 0 Å². The smallest absolute Gasteiger partial charge is 0.422 e. The highest BCUT2D eigenvalue weighted by Crippen LogP contribution is 2.42. The van der Waals surface area contributed by atoms with E-state index < -0.39 is 23.7 Å². The second kappa shape index (κ2) is 5.71. The summed E-state index contributed by atoms with van der Waals surface area (Å²) in [5.41, 5.74) is -3.30. The van der Waals surface area contributed by atoms with E-state index in [2.05, 4.69) is 5.32 Å². The summed E-state index contributed by atoms with van der Waals surface area (Å²) in [5, 5.41) is 12.5. The molecular formula is C11H17F3N2O3S. The van der Waals surface area contributed by atoms with Crippen LogP contribution < -0.4 is 10.6 Å². The van der Waals surface area contributed by atoms with Gasteiger partial charge in [0.2, 0.25) is 5.54 Å². The number of thioether (sulfide) groups is 1. The Morgan fingerprint density at radius 1 is 1.35 bits per heavy atom. The van der Waals surface area contributed by atoms with Gasteiger partial charge in [0.1, 0.15) is 0 Å². The number of amides is 2. The topological polar surface area (TPSA) is 78.4 Å². The highest BCUT2D eigenvalue weighted by Gasteiger charge is 2.58. The molecule has 3 N–H and O–H groups in total. The summed E-state index contributed by atoms with van der Waals surface area (Å²) in [6.07, 6.45) is -0.437. The number of halogens is 3. The zero-order valence-corrected chi connectivity index (χ0v) is 12.0. The molecule has 0 heterocycles. The molecule has 0 radical (unpaired) electrons. The Kier molecular flexibility index (Phi) is 4.83. The SMILES string of the molecule is CSC1(CNC(=O)NC(C)(C(=O)O)C(F)(F)F)CCC1. The molecule has 20 heavy (non-hydrogen) atoms. The molecule has 0 aromatic carbocycles. The summed E-state index contributed by atoms with van der Waals surface area (Å²) >= 11 is 1.55. The second-order valence-corrected chi connectivity index (χ2v) is 6.25. The van der Waals surface area contributed by atoms with Crippen molar-refractivity contribution in [3.63, 3.8) is 0 Å². The molecule has 0 aromatic rings. The van der Waals surface area contributed by atoms with E-state index in [9.17, 15) is 22.8 Å². The van der Waals surface area contributed by atoms with Crippen LogP contribution in [0.3, 0.4) is 0 Å². The third-order valence-electron chi connectivity index (χ3n) is 3.63. The Morgan fingerprint density at radius 2 is 1.90 bits per heavy atom. The molecule has 0 saturated heterocycles. The van der Waals surface area contributed by atoms with E-state index in [1.165, 1.54) is 5.32 Å². The number of carboxylic acids is 1. The number of hydrogen-bond donors (Lipinski definition) is 3. The van der Waals surface area contributed by atoms with E-state index in [0.29, 0.717) is 6.92 Å². The predicted molar refractivity (Wildman–Crippen MR) is 68.7 cm³/mol. The van der Waals surface area contributed by atoms with Crippen LogP contribution in [-0.4, -0.2) is 46.4 Å². The minimum atomic E-state index is -5.08. The van der Waals surface area contributed by atoms with Crippen LogP contribution in [0.1, 0.15) is 26.2 Å². The van der Waals surface area contributed by atoms with Gasteiger partial charge in [-0.3, -0.25) is 0 Å². The molecule has 1 unspecified atom stereocenters. The van der Waals surface area contributed by atoms with Gasteiger partial charge in [-0.1, -0.05) is 6.42 Å². The molecular weight excluding hydrogens is 297 g/mol. The van der Waals surface area contributed by atoms with Crippen molar-refractivity contribution in [1.82, 2.24) is 10.6 Å². The lowest BCUT2D eigenvalue weighted by atomic mass is 9.84. The Balaban J connectivity index is 2.62. The number of carbonyl (C=O) groups is 2. The van der Waals surface area contributed by atoms with Gasteiger partial charge in [0.15, 0.2) is 0 Å². The molecule has 9 heteroatoms. The Hall–Kier alpha value is -1.12. The average molecular weight is 314 g/mol. The first-order valence-corrected chi connectivity index (χ1v) is 7.20. The lowest BCUT2D eigenvalue weighted by molar-refractivity contribution is -0.203. The largest absolute Gasteiger partial charge is 0.479 e. The maximum atomic E-state index is 12.7. The van der Waals surface area contributed by atoms with E-state index in [-0.39, 0.29) is 11.3 Å². The molecule has 5 nitrogen and oxygen atoms in total. The van der Waals surface area contributed by atoms with Crippen molar-refractivity contribution in [2.75, 3.05) is 12.8 Å². The van der Waals surface area contributed by atoms with Crippen molar-refractivity contribution in [1.29, 1.82) is 0 Å². The van der Waals surface area contributed by atoms with Gasteiger partial charge in [-0.25, -0.2) is 9.59 Å². The molecule has 0 spiro atoms. The summed E-state index contributed by atoms with van der Waals surface area (Å²) in [7, 11) is 0. The van der Waals surface area contributed by atoms with Crippen LogP contribution in [-0.2, 0) is 4.79 Å². The fraction of sp³-hybridized carbons (Fsp3) is 0.818. The van der Waals surface area contributed by atoms with Crippen molar-refractivity contribution in [2.24, 2.45) is 0 Å². The second-order valence-electron chi connectivity index (χ2n) is 4.98. The van der Waals surface area contributed by atoms with E-state index in [0.717, 1.165) is 19.3 Å². The lowest BCUT2D eigenvalue weighted by Gasteiger charge is -2.40. The molecule has 0 aliphatic heterocycles. The summed E-state index contributed by atoms with van der Waals surface area (Å²) < 4.78 is 38.0. The van der Waals surface area contributed by atoms with Crippen molar-refractivity contribution < 1.29 is 27.9 Å². The van der Waals surface area contributed by atoms with Crippen LogP contribution in [0.25, 0.3) is 0 Å². The number of hydrogen-bond acceptors (Lipinski definition) is 3. The van der Waals surface area contributed by atoms with Crippen molar-refractivity contribution in [2.45, 2.75) is 42.6 Å². The van der Waals surface area contributed by atoms with Crippen LogP contribution in [0.4, 0.5) is 18.0 Å². The van der Waals surface area contributed by atoms with E-state index in [1.807, 2.05) is 6.26 Å². The van der Waals surface area contributed by atoms with Gasteiger partial charge in [0.05, 0.1) is 0 Å². The first-order chi connectivity index (χ1) is 9.06. The maximum Gasteiger partial charge on any atom is 0.422 e. The first-order valence-electron chi connectivity index (χ1n) is 5.98. The van der Waals surface area contributed by atoms with Crippen molar-refractivity contribution >= 4 is 23.8 Å². The van der Waals surface area contributed by atoms with Crippen LogP contribution >= 0.6 is 11.8 Å². The number of carboxylic acid groups (broad SMARTS) is 1. The van der Waals surface area contributed by atoms with E-state index >= 15 is 0 Å². The molecule has 1 fully saturated rings. The lowest BCUT2D eigenvalue weighted by Crippen LogP contribution is -2.64. The van der Waals surface area contributed by atoms with Gasteiger partial charge in [-0.05, 0) is 26.0 Å². The Morgan fingerprint density at radius 3 is 2.20 bits per heavy atom. The summed E-state index contributed by atoms with van der Waals surface area (Å²) in [6.45, 7) is 0.635. The average Bonchev–Trinajstić information content (AvgIpc) is 2.26. The zero-order chi connectivity index (χ0) is 15.6. The molecule has 0 aromatic heterocycles. The fourth-order valence-electron chi connectivity index (χ4n) is 1.78. The monoisotopic (exact) mass is 314 g/mol. The normalized spacial score (nSPS) is 20.4. The van der Waals surface area contributed by atoms with Crippen LogP contribution in [0, 0.1) is 0 Å². The molecule has 2 amide bonds. The molecule has 1 aliphatic rings. The third-order valence-corrected chi connectivity index (χ3v) is 5.05. The van der Waals surface area contributed by atoms with Gasteiger partial charge < -0.3 is 15.7 Å². The molecule has 1 atom stereocenters. The molecule has 0 bridgehead atoms. The van der Waals surface area contributed by atoms with Crippen molar-refractivity contribution in [3.8, 4) is 0 Å². The van der Waals surface area contributed by atoms with Gasteiger partial charge in [0, 0.05) is 11.3 Å². The molecule has 1 aliphatic carbocycles. The van der Waals surface area contributed by atoms with E-state index in [1.54, 1.807) is 11.8 Å². The maximum absolute atomic E-state index is 12.7. The minimum absolute atomic E-state index is 0.144. The number of urea groups is 1. The molecule has 1 saturated carbocycles. The molecule has 1 rings (SSSR count). The predicted octanol–water partition coefficient (Wildman–Crippen LogP) is 1.98. The highest BCUT2D eigenvalue weighted by molar-refractivity contribution is 8.00. The number of rotatable bonds is 5. The van der Waals surface area contributed by atoms with Crippen LogP contribution in [0.5, 0.6) is 0 Å². The molecule has 116 valence electrons. The number of aliphatic carboxylic acids is 1. The Labute approximate surface area is 118 Å². The fourth-order valence-corrected chi connectivity index (χ4v) is 2.70. The summed E-state index contributed by atoms with van der Waals surface area (Å²) in [5.74, 6) is -2.15. The standard InChI is InChI=1S/C11H17F3N2O3S/c1-9(7(17)18,11(12,13)14)16-8(19)15-6-10(20-2)4-3-5-10/h3-6H2,1-2H3,(H,17,18)(H2,15,16,19). The third kappa shape index (κ3) is 3.31. The van der Waals surface area contributed by atoms with E-state index in [4.69, 9.17) is 5.11 Å². The van der Waals surface area contributed by atoms with Gasteiger partial charge in [-0.15, -0.1) is 0 Å². The highest BCUT2D eigenvalue weighted by atomic mass is 32.2. The van der Waals surface area contributed by atoms with Crippen molar-refractivity contribution in [3.05, 3.63) is 0 Å². The number of nitrogens with one attached hydrogen (secondary N) is 2. The van der Waals surface area contributed by atoms with Gasteiger partial charge in [0.25, 0.3) is 0 Å². The number of carbonyl (C=O) groups excluding carboxylic acids is 1. The quantitative estimate of drug-likeness (QED) is 0.725. The zero-order valence-electron chi connectivity index (χ0n) is 11.1. The summed E-state index contributed by atoms with van der Waals surface area (Å²) in [6, 6.07) is -1.13.